The summed E-state index contributed by atoms with van der Waals surface area (Å²) in [4.78, 5) is 16.1. The summed E-state index contributed by atoms with van der Waals surface area (Å²) in [6, 6.07) is 93.2. The number of aromatic nitrogens is 7. The van der Waals surface area contributed by atoms with Crippen molar-refractivity contribution >= 4 is 87.2 Å². The van der Waals surface area contributed by atoms with E-state index in [9.17, 15) is 0 Å². The fourth-order valence-electron chi connectivity index (χ4n) is 12.0. The molecular weight excluding hydrogens is 927 g/mol. The second-order valence-corrected chi connectivity index (χ2v) is 19.6. The highest BCUT2D eigenvalue weighted by atomic mass is 15.0. The first-order valence-corrected chi connectivity index (χ1v) is 25.8. The molecule has 0 atom stereocenters. The number of hydrogen-bond donors (Lipinski definition) is 0. The molecule has 0 saturated carbocycles. The van der Waals surface area contributed by atoms with E-state index in [0.29, 0.717) is 17.5 Å². The lowest BCUT2D eigenvalue weighted by molar-refractivity contribution is 1.07. The standard InChI is InChI=1S/C69H43N7/c1-4-18-47(19-5-1)73-59-28-14-10-24-51(59)55-38-34-45(40-63(55)73)68-70-67(71-69(72-68)46-35-39-56-52-25-11-15-29-60(52)74(64(56)41-46)48-20-6-2-7-21-48)44-32-36-50(37-33-44)76-62-31-17-13-27-54(62)58-42-65-57(43-66(58)76)53-26-12-16-30-61(53)75(65)49-22-8-3-9-23-49/h1-43H. The second kappa shape index (κ2) is 16.6. The van der Waals surface area contributed by atoms with Crippen LogP contribution in [0.25, 0.3) is 144 Å². The highest BCUT2D eigenvalue weighted by molar-refractivity contribution is 6.19. The lowest BCUT2D eigenvalue weighted by atomic mass is 10.1. The van der Waals surface area contributed by atoms with Gasteiger partial charge in [0.15, 0.2) is 17.5 Å². The van der Waals surface area contributed by atoms with E-state index in [0.717, 1.165) is 72.5 Å². The van der Waals surface area contributed by atoms with Crippen molar-refractivity contribution in [3.63, 3.8) is 0 Å². The van der Waals surface area contributed by atoms with Gasteiger partial charge in [-0.05, 0) is 109 Å². The van der Waals surface area contributed by atoms with Gasteiger partial charge in [-0.3, -0.25) is 0 Å². The van der Waals surface area contributed by atoms with E-state index < -0.39 is 0 Å². The lowest BCUT2D eigenvalue weighted by Gasteiger charge is -2.12. The first-order valence-electron chi connectivity index (χ1n) is 25.8. The van der Waals surface area contributed by atoms with Crippen molar-refractivity contribution in [3.8, 4) is 56.9 Å². The van der Waals surface area contributed by atoms with E-state index in [1.165, 1.54) is 54.1 Å². The van der Waals surface area contributed by atoms with Crippen LogP contribution in [0, 0.1) is 0 Å². The van der Waals surface area contributed by atoms with E-state index in [1.807, 2.05) is 0 Å². The maximum atomic E-state index is 5.37. The highest BCUT2D eigenvalue weighted by Gasteiger charge is 2.21. The zero-order valence-electron chi connectivity index (χ0n) is 41.0. The third-order valence-corrected chi connectivity index (χ3v) is 15.4. The smallest absolute Gasteiger partial charge is 0.164 e. The van der Waals surface area contributed by atoms with Gasteiger partial charge in [0.1, 0.15) is 0 Å². The van der Waals surface area contributed by atoms with Gasteiger partial charge in [0.05, 0.1) is 44.1 Å². The van der Waals surface area contributed by atoms with Crippen molar-refractivity contribution in [1.82, 2.24) is 33.2 Å². The SMILES string of the molecule is c1ccc(-n2c3ccccc3c3ccc(-c4nc(-c5ccc(-n6c7ccccc7c7cc8c(cc76)c6ccccc6n8-c6ccccc6)cc5)nc(-c5ccc6c7ccccc7n(-c7ccccc7)c6c5)n4)cc32)cc1. The van der Waals surface area contributed by atoms with Crippen molar-refractivity contribution in [2.75, 3.05) is 0 Å². The molecule has 0 bridgehead atoms. The zero-order chi connectivity index (χ0) is 49.8. The summed E-state index contributed by atoms with van der Waals surface area (Å²) in [6.45, 7) is 0. The molecule has 16 rings (SSSR count). The minimum atomic E-state index is 0.594. The molecule has 5 aromatic heterocycles. The molecular formula is C69H43N7. The first-order chi connectivity index (χ1) is 37.7. The normalized spacial score (nSPS) is 11.9. The molecule has 0 fully saturated rings. The molecule has 7 heteroatoms. The van der Waals surface area contributed by atoms with E-state index in [2.05, 4.69) is 279 Å². The molecule has 0 unspecified atom stereocenters. The average molecular weight is 970 g/mol. The molecule has 76 heavy (non-hydrogen) atoms. The van der Waals surface area contributed by atoms with Crippen molar-refractivity contribution in [2.45, 2.75) is 0 Å². The summed E-state index contributed by atoms with van der Waals surface area (Å²) in [5.41, 5.74) is 16.2. The quantitative estimate of drug-likeness (QED) is 0.160. The van der Waals surface area contributed by atoms with Gasteiger partial charge >= 0.3 is 0 Å². The number of fused-ring (bicyclic) bond motifs is 12. The molecule has 354 valence electrons. The van der Waals surface area contributed by atoms with Crippen LogP contribution in [0.2, 0.25) is 0 Å². The number of para-hydroxylation sites is 7. The summed E-state index contributed by atoms with van der Waals surface area (Å²) in [5, 5.41) is 9.55. The molecule has 7 nitrogen and oxygen atoms in total. The molecule has 0 spiro atoms. The molecule has 0 amide bonds. The Hall–Kier alpha value is -10.4. The monoisotopic (exact) mass is 969 g/mol. The van der Waals surface area contributed by atoms with Crippen molar-refractivity contribution < 1.29 is 0 Å². The van der Waals surface area contributed by atoms with Gasteiger partial charge in [-0.25, -0.2) is 15.0 Å². The Morgan fingerprint density at radius 1 is 0.184 bits per heavy atom. The Labute approximate surface area is 436 Å². The van der Waals surface area contributed by atoms with Crippen LogP contribution in [0.3, 0.4) is 0 Å². The maximum absolute atomic E-state index is 5.37. The van der Waals surface area contributed by atoms with Gasteiger partial charge in [0, 0.05) is 82.5 Å². The van der Waals surface area contributed by atoms with Gasteiger partial charge < -0.3 is 18.3 Å². The average Bonchev–Trinajstić information content (AvgIpc) is 4.27. The third kappa shape index (κ3) is 6.39. The van der Waals surface area contributed by atoms with Gasteiger partial charge in [-0.1, -0.05) is 152 Å². The maximum Gasteiger partial charge on any atom is 0.164 e. The van der Waals surface area contributed by atoms with E-state index in [4.69, 9.17) is 15.0 Å². The summed E-state index contributed by atoms with van der Waals surface area (Å²) >= 11 is 0. The van der Waals surface area contributed by atoms with Gasteiger partial charge in [-0.15, -0.1) is 0 Å². The second-order valence-electron chi connectivity index (χ2n) is 19.6. The Kier molecular flexibility index (Phi) is 9.20. The molecule has 5 heterocycles. The van der Waals surface area contributed by atoms with Gasteiger partial charge in [0.2, 0.25) is 0 Å². The first kappa shape index (κ1) is 42.2. The Bertz CT molecular complexity index is 4790. The van der Waals surface area contributed by atoms with Crippen molar-refractivity contribution in [1.29, 1.82) is 0 Å². The summed E-state index contributed by atoms with van der Waals surface area (Å²) in [5.74, 6) is 1.79. The Morgan fingerprint density at radius 3 is 0.816 bits per heavy atom. The van der Waals surface area contributed by atoms with Crippen LogP contribution in [0.1, 0.15) is 0 Å². The molecule has 0 radical (unpaired) electrons. The van der Waals surface area contributed by atoms with Crippen molar-refractivity contribution in [3.05, 3.63) is 261 Å². The van der Waals surface area contributed by atoms with E-state index >= 15 is 0 Å². The molecule has 11 aromatic carbocycles. The topological polar surface area (TPSA) is 58.4 Å². The van der Waals surface area contributed by atoms with Crippen LogP contribution in [0.5, 0.6) is 0 Å². The molecule has 0 aliphatic heterocycles. The summed E-state index contributed by atoms with van der Waals surface area (Å²) in [6.07, 6.45) is 0. The molecule has 0 aliphatic rings. The minimum absolute atomic E-state index is 0.594. The largest absolute Gasteiger partial charge is 0.309 e. The van der Waals surface area contributed by atoms with E-state index in [-0.39, 0.29) is 0 Å². The molecule has 0 N–H and O–H groups in total. The van der Waals surface area contributed by atoms with E-state index in [1.54, 1.807) is 0 Å². The Balaban J connectivity index is 0.889. The lowest BCUT2D eigenvalue weighted by Crippen LogP contribution is -2.01. The number of nitrogens with zero attached hydrogens (tertiary/aromatic N) is 7. The van der Waals surface area contributed by atoms with Crippen LogP contribution < -0.4 is 0 Å². The number of rotatable bonds is 7. The predicted molar refractivity (Wildman–Crippen MR) is 313 cm³/mol. The zero-order valence-corrected chi connectivity index (χ0v) is 41.0. The molecule has 0 aliphatic carbocycles. The van der Waals surface area contributed by atoms with Crippen LogP contribution in [-0.2, 0) is 0 Å². The van der Waals surface area contributed by atoms with Crippen LogP contribution >= 0.6 is 0 Å². The van der Waals surface area contributed by atoms with Crippen molar-refractivity contribution in [2.24, 2.45) is 0 Å². The number of hydrogen-bond acceptors (Lipinski definition) is 3. The summed E-state index contributed by atoms with van der Waals surface area (Å²) < 4.78 is 9.47. The van der Waals surface area contributed by atoms with Gasteiger partial charge in [0.25, 0.3) is 0 Å². The highest BCUT2D eigenvalue weighted by Crippen LogP contribution is 2.41. The molecule has 16 aromatic rings. The van der Waals surface area contributed by atoms with Gasteiger partial charge in [-0.2, -0.15) is 0 Å². The van der Waals surface area contributed by atoms with Crippen LogP contribution in [0.4, 0.5) is 0 Å². The molecule has 0 saturated heterocycles. The predicted octanol–water partition coefficient (Wildman–Crippen LogP) is 17.3. The number of benzene rings is 11. The fourth-order valence-corrected chi connectivity index (χ4v) is 12.0. The third-order valence-electron chi connectivity index (χ3n) is 15.4. The minimum Gasteiger partial charge on any atom is -0.309 e. The van der Waals surface area contributed by atoms with Crippen LogP contribution in [-0.4, -0.2) is 33.2 Å². The summed E-state index contributed by atoms with van der Waals surface area (Å²) in [7, 11) is 0. The fraction of sp³-hybridized carbons (Fsp3) is 0. The van der Waals surface area contributed by atoms with Crippen LogP contribution in [0.15, 0.2) is 261 Å². The Morgan fingerprint density at radius 2 is 0.447 bits per heavy atom.